The lowest BCUT2D eigenvalue weighted by Crippen LogP contribution is -2.16. The van der Waals surface area contributed by atoms with Crippen LogP contribution >= 0.6 is 15.9 Å². The van der Waals surface area contributed by atoms with Gasteiger partial charge in [-0.25, -0.2) is 0 Å². The Bertz CT molecular complexity index is 376. The summed E-state index contributed by atoms with van der Waals surface area (Å²) >= 11 is 3.51. The molecule has 0 spiro atoms. The summed E-state index contributed by atoms with van der Waals surface area (Å²) in [7, 11) is 0. The Kier molecular flexibility index (Phi) is 4.42. The van der Waals surface area contributed by atoms with E-state index >= 15 is 0 Å². The molecule has 0 amide bonds. The van der Waals surface area contributed by atoms with Crippen LogP contribution < -0.4 is 10.5 Å². The molecule has 1 fully saturated rings. The van der Waals surface area contributed by atoms with Crippen molar-refractivity contribution in [3.8, 4) is 5.75 Å². The first kappa shape index (κ1) is 12.9. The molecule has 1 aromatic carbocycles. The number of benzene rings is 1. The fraction of sp³-hybridized carbons (Fsp3) is 0.538. The van der Waals surface area contributed by atoms with Crippen LogP contribution in [0.3, 0.4) is 0 Å². The van der Waals surface area contributed by atoms with Crippen LogP contribution in [0.2, 0.25) is 0 Å². The van der Waals surface area contributed by atoms with Gasteiger partial charge in [0, 0.05) is 17.1 Å². The van der Waals surface area contributed by atoms with Gasteiger partial charge < -0.3 is 15.2 Å². The number of halogens is 1. The molecule has 0 aromatic heterocycles. The van der Waals surface area contributed by atoms with Crippen LogP contribution in [0.15, 0.2) is 22.7 Å². The molecule has 0 aliphatic carbocycles. The molecule has 2 rings (SSSR count). The number of hydrogen-bond donors (Lipinski definition) is 1. The molecule has 2 N–H and O–H groups in total. The molecule has 3 nitrogen and oxygen atoms in total. The predicted octanol–water partition coefficient (Wildman–Crippen LogP) is 3.03. The van der Waals surface area contributed by atoms with Gasteiger partial charge in [-0.3, -0.25) is 0 Å². The van der Waals surface area contributed by atoms with Crippen molar-refractivity contribution in [3.63, 3.8) is 0 Å². The highest BCUT2D eigenvalue weighted by Gasteiger charge is 2.16. The highest BCUT2D eigenvalue weighted by atomic mass is 79.9. The van der Waals surface area contributed by atoms with Crippen molar-refractivity contribution < 1.29 is 9.47 Å². The summed E-state index contributed by atoms with van der Waals surface area (Å²) in [6.07, 6.45) is 2.49. The standard InChI is InChI=1S/C13H18BrNO2/c1-9(15)12-5-4-10(7-13(12)14)17-8-11-3-2-6-16-11/h4-5,7,9,11H,2-3,6,8,15H2,1H3/t9-,11?/m1/s1. The van der Waals surface area contributed by atoms with Crippen LogP contribution in [-0.4, -0.2) is 19.3 Å². The molecule has 0 bridgehead atoms. The fourth-order valence-electron chi connectivity index (χ4n) is 1.93. The van der Waals surface area contributed by atoms with Crippen molar-refractivity contribution >= 4 is 15.9 Å². The van der Waals surface area contributed by atoms with Crippen molar-refractivity contribution in [2.45, 2.75) is 31.9 Å². The molecule has 94 valence electrons. The van der Waals surface area contributed by atoms with Crippen LogP contribution in [0.4, 0.5) is 0 Å². The SMILES string of the molecule is C[C@@H](N)c1ccc(OCC2CCCO2)cc1Br. The highest BCUT2D eigenvalue weighted by molar-refractivity contribution is 9.10. The number of nitrogens with two attached hydrogens (primary N) is 1. The lowest BCUT2D eigenvalue weighted by atomic mass is 10.1. The Morgan fingerprint density at radius 3 is 3.00 bits per heavy atom. The van der Waals surface area contributed by atoms with Crippen molar-refractivity contribution in [2.24, 2.45) is 5.73 Å². The molecule has 1 saturated heterocycles. The molecule has 1 aliphatic rings. The lowest BCUT2D eigenvalue weighted by molar-refractivity contribution is 0.0679. The smallest absolute Gasteiger partial charge is 0.120 e. The van der Waals surface area contributed by atoms with E-state index in [4.69, 9.17) is 15.2 Å². The molecule has 1 heterocycles. The van der Waals surface area contributed by atoms with E-state index in [9.17, 15) is 0 Å². The molecule has 1 aromatic rings. The van der Waals surface area contributed by atoms with E-state index in [-0.39, 0.29) is 12.1 Å². The summed E-state index contributed by atoms with van der Waals surface area (Å²) in [6, 6.07) is 5.95. The van der Waals surface area contributed by atoms with Gasteiger partial charge in [0.2, 0.25) is 0 Å². The summed E-state index contributed by atoms with van der Waals surface area (Å²) in [6.45, 7) is 3.46. The second kappa shape index (κ2) is 5.85. The van der Waals surface area contributed by atoms with E-state index in [0.29, 0.717) is 6.61 Å². The third-order valence-electron chi connectivity index (χ3n) is 2.92. The molecule has 1 aliphatic heterocycles. The summed E-state index contributed by atoms with van der Waals surface area (Å²) in [5, 5.41) is 0. The monoisotopic (exact) mass is 299 g/mol. The molecular formula is C13H18BrNO2. The maximum Gasteiger partial charge on any atom is 0.120 e. The van der Waals surface area contributed by atoms with E-state index in [1.807, 2.05) is 25.1 Å². The van der Waals surface area contributed by atoms with Gasteiger partial charge >= 0.3 is 0 Å². The third-order valence-corrected chi connectivity index (χ3v) is 3.61. The minimum absolute atomic E-state index is 0.0246. The summed E-state index contributed by atoms with van der Waals surface area (Å²) in [5.74, 6) is 0.858. The van der Waals surface area contributed by atoms with E-state index < -0.39 is 0 Å². The Morgan fingerprint density at radius 1 is 1.59 bits per heavy atom. The Labute approximate surface area is 110 Å². The third kappa shape index (κ3) is 3.44. The van der Waals surface area contributed by atoms with Gasteiger partial charge in [-0.05, 0) is 37.5 Å². The van der Waals surface area contributed by atoms with Gasteiger partial charge in [0.05, 0.1) is 6.10 Å². The van der Waals surface area contributed by atoms with Gasteiger partial charge in [-0.2, -0.15) is 0 Å². The second-order valence-corrected chi connectivity index (χ2v) is 5.27. The molecule has 17 heavy (non-hydrogen) atoms. The highest BCUT2D eigenvalue weighted by Crippen LogP contribution is 2.27. The molecule has 4 heteroatoms. The van der Waals surface area contributed by atoms with E-state index in [1.54, 1.807) is 0 Å². The summed E-state index contributed by atoms with van der Waals surface area (Å²) in [5.41, 5.74) is 6.94. The van der Waals surface area contributed by atoms with Crippen LogP contribution in [0.5, 0.6) is 5.75 Å². The van der Waals surface area contributed by atoms with Crippen molar-refractivity contribution in [1.29, 1.82) is 0 Å². The van der Waals surface area contributed by atoms with Crippen molar-refractivity contribution in [1.82, 2.24) is 0 Å². The van der Waals surface area contributed by atoms with E-state index in [1.165, 1.54) is 0 Å². The Hall–Kier alpha value is -0.580. The summed E-state index contributed by atoms with van der Waals surface area (Å²) < 4.78 is 12.2. The largest absolute Gasteiger partial charge is 0.491 e. The van der Waals surface area contributed by atoms with Gasteiger partial charge in [-0.1, -0.05) is 22.0 Å². The average molecular weight is 300 g/mol. The molecule has 1 unspecified atom stereocenters. The van der Waals surface area contributed by atoms with Crippen LogP contribution in [0.25, 0.3) is 0 Å². The molecule has 0 radical (unpaired) electrons. The predicted molar refractivity (Wildman–Crippen MR) is 71.2 cm³/mol. The zero-order valence-electron chi connectivity index (χ0n) is 9.99. The van der Waals surface area contributed by atoms with Crippen molar-refractivity contribution in [3.05, 3.63) is 28.2 Å². The first-order valence-corrected chi connectivity index (χ1v) is 6.75. The first-order chi connectivity index (χ1) is 8.16. The van der Waals surface area contributed by atoms with Crippen LogP contribution in [-0.2, 0) is 4.74 Å². The quantitative estimate of drug-likeness (QED) is 0.929. The normalized spacial score (nSPS) is 21.5. The van der Waals surface area contributed by atoms with Crippen LogP contribution in [0.1, 0.15) is 31.4 Å². The number of ether oxygens (including phenoxy) is 2. The van der Waals surface area contributed by atoms with E-state index in [2.05, 4.69) is 15.9 Å². The van der Waals surface area contributed by atoms with E-state index in [0.717, 1.165) is 35.2 Å². The molecular weight excluding hydrogens is 282 g/mol. The zero-order valence-corrected chi connectivity index (χ0v) is 11.6. The summed E-state index contributed by atoms with van der Waals surface area (Å²) in [4.78, 5) is 0. The maximum absolute atomic E-state index is 5.85. The fourth-order valence-corrected chi connectivity index (χ4v) is 2.65. The lowest BCUT2D eigenvalue weighted by Gasteiger charge is -2.14. The topological polar surface area (TPSA) is 44.5 Å². The molecule has 2 atom stereocenters. The van der Waals surface area contributed by atoms with Gasteiger partial charge in [0.15, 0.2) is 0 Å². The van der Waals surface area contributed by atoms with Crippen LogP contribution in [0, 0.1) is 0 Å². The van der Waals surface area contributed by atoms with Crippen molar-refractivity contribution in [2.75, 3.05) is 13.2 Å². The number of rotatable bonds is 4. The number of hydrogen-bond acceptors (Lipinski definition) is 3. The minimum atomic E-state index is 0.0246. The second-order valence-electron chi connectivity index (χ2n) is 4.42. The van der Waals surface area contributed by atoms with Gasteiger partial charge in [-0.15, -0.1) is 0 Å². The Morgan fingerprint density at radius 2 is 2.41 bits per heavy atom. The molecule has 0 saturated carbocycles. The average Bonchev–Trinajstić information content (AvgIpc) is 2.78. The zero-order chi connectivity index (χ0) is 12.3. The maximum atomic E-state index is 5.85. The Balaban J connectivity index is 1.94. The first-order valence-electron chi connectivity index (χ1n) is 5.96. The van der Waals surface area contributed by atoms with Gasteiger partial charge in [0.25, 0.3) is 0 Å². The van der Waals surface area contributed by atoms with Gasteiger partial charge in [0.1, 0.15) is 12.4 Å². The minimum Gasteiger partial charge on any atom is -0.491 e.